The Morgan fingerprint density at radius 2 is 2.00 bits per heavy atom. The molecule has 1 unspecified atom stereocenters. The Kier molecular flexibility index (Phi) is 6.38. The summed E-state index contributed by atoms with van der Waals surface area (Å²) in [5, 5.41) is 6.13. The second kappa shape index (κ2) is 8.69. The van der Waals surface area contributed by atoms with E-state index in [0.717, 1.165) is 6.42 Å². The van der Waals surface area contributed by atoms with E-state index in [0.29, 0.717) is 36.3 Å². The Bertz CT molecular complexity index is 1030. The van der Waals surface area contributed by atoms with Crippen molar-refractivity contribution in [2.45, 2.75) is 59.5 Å². The van der Waals surface area contributed by atoms with Gasteiger partial charge in [-0.3, -0.25) is 14.4 Å². The number of hydrogen-bond donors (Lipinski definition) is 2. The van der Waals surface area contributed by atoms with Crippen molar-refractivity contribution in [2.75, 3.05) is 18.4 Å². The van der Waals surface area contributed by atoms with Crippen molar-refractivity contribution < 1.29 is 18.8 Å². The van der Waals surface area contributed by atoms with Crippen molar-refractivity contribution in [1.82, 2.24) is 14.8 Å². The number of halogens is 1. The standard InChI is InChI=1S/C23H31FN4O3/c1-6-11-28-21(30)20-19(26-15(4)29)17-12-16(24)7-8-18(17)27(20)13-23(28,5)22(31)25-10-9-14(2)3/h7-8,12,14H,6,9-11,13H2,1-5H3,(H,25,31)(H,26,29). The van der Waals surface area contributed by atoms with Gasteiger partial charge in [0.05, 0.1) is 17.7 Å². The molecule has 2 heterocycles. The zero-order chi connectivity index (χ0) is 22.9. The summed E-state index contributed by atoms with van der Waals surface area (Å²) in [5.74, 6) is -0.938. The van der Waals surface area contributed by atoms with Crippen molar-refractivity contribution >= 4 is 34.3 Å². The lowest BCUT2D eigenvalue weighted by molar-refractivity contribution is -0.132. The molecule has 1 aliphatic heterocycles. The van der Waals surface area contributed by atoms with Gasteiger partial charge in [0.15, 0.2) is 0 Å². The molecule has 1 aliphatic rings. The Hall–Kier alpha value is -2.90. The molecule has 2 N–H and O–H groups in total. The molecule has 31 heavy (non-hydrogen) atoms. The van der Waals surface area contributed by atoms with Crippen molar-refractivity contribution in [3.05, 3.63) is 29.7 Å². The summed E-state index contributed by atoms with van der Waals surface area (Å²) in [4.78, 5) is 40.3. The molecule has 0 saturated carbocycles. The maximum absolute atomic E-state index is 14.0. The van der Waals surface area contributed by atoms with Crippen molar-refractivity contribution in [2.24, 2.45) is 5.92 Å². The molecule has 168 valence electrons. The van der Waals surface area contributed by atoms with Crippen LogP contribution in [0.25, 0.3) is 10.9 Å². The van der Waals surface area contributed by atoms with Gasteiger partial charge >= 0.3 is 0 Å². The lowest BCUT2D eigenvalue weighted by atomic mass is 9.94. The summed E-state index contributed by atoms with van der Waals surface area (Å²) in [6, 6.07) is 4.21. The van der Waals surface area contributed by atoms with Gasteiger partial charge in [0.1, 0.15) is 17.1 Å². The van der Waals surface area contributed by atoms with Crippen LogP contribution in [0.1, 0.15) is 57.9 Å². The third kappa shape index (κ3) is 4.16. The average molecular weight is 431 g/mol. The van der Waals surface area contributed by atoms with E-state index in [1.54, 1.807) is 22.5 Å². The summed E-state index contributed by atoms with van der Waals surface area (Å²) in [6.07, 6.45) is 1.51. The zero-order valence-corrected chi connectivity index (χ0v) is 18.8. The number of fused-ring (bicyclic) bond motifs is 3. The molecule has 1 aromatic heterocycles. The third-order valence-corrected chi connectivity index (χ3v) is 5.78. The van der Waals surface area contributed by atoms with Crippen molar-refractivity contribution in [1.29, 1.82) is 0 Å². The smallest absolute Gasteiger partial charge is 0.273 e. The highest BCUT2D eigenvalue weighted by molar-refractivity contribution is 6.14. The van der Waals surface area contributed by atoms with Crippen molar-refractivity contribution in [3.8, 4) is 0 Å². The molecule has 0 bridgehead atoms. The maximum Gasteiger partial charge on any atom is 0.273 e. The molecule has 0 aliphatic carbocycles. The van der Waals surface area contributed by atoms with Gasteiger partial charge in [-0.2, -0.15) is 0 Å². The number of nitrogens with one attached hydrogen (secondary N) is 2. The molecule has 8 heteroatoms. The van der Waals surface area contributed by atoms with Gasteiger partial charge in [0, 0.05) is 25.4 Å². The number of nitrogens with zero attached hydrogens (tertiary/aromatic N) is 2. The highest BCUT2D eigenvalue weighted by atomic mass is 19.1. The van der Waals surface area contributed by atoms with Crippen molar-refractivity contribution in [3.63, 3.8) is 0 Å². The van der Waals surface area contributed by atoms with E-state index in [1.165, 1.54) is 19.1 Å². The molecule has 1 aromatic carbocycles. The number of carbonyl (C=O) groups is 3. The van der Waals surface area contributed by atoms with Crippen LogP contribution >= 0.6 is 0 Å². The highest BCUT2D eigenvalue weighted by Gasteiger charge is 2.48. The van der Waals surface area contributed by atoms with Gasteiger partial charge in [-0.25, -0.2) is 4.39 Å². The minimum atomic E-state index is -1.11. The molecule has 0 radical (unpaired) electrons. The average Bonchev–Trinajstić information content (AvgIpc) is 2.96. The maximum atomic E-state index is 14.0. The van der Waals surface area contributed by atoms with Gasteiger partial charge < -0.3 is 20.1 Å². The predicted octanol–water partition coefficient (Wildman–Crippen LogP) is 3.53. The molecule has 7 nitrogen and oxygen atoms in total. The number of amides is 3. The first-order chi connectivity index (χ1) is 14.6. The Balaban J connectivity index is 2.13. The normalized spacial score (nSPS) is 18.4. The highest BCUT2D eigenvalue weighted by Crippen LogP contribution is 2.39. The van der Waals surface area contributed by atoms with Crippen LogP contribution in [-0.4, -0.2) is 45.8 Å². The van der Waals surface area contributed by atoms with Crippen LogP contribution in [0.2, 0.25) is 0 Å². The van der Waals surface area contributed by atoms with Crippen LogP contribution in [-0.2, 0) is 16.1 Å². The number of anilines is 1. The Morgan fingerprint density at radius 1 is 1.29 bits per heavy atom. The van der Waals surface area contributed by atoms with E-state index in [1.807, 2.05) is 6.92 Å². The van der Waals surface area contributed by atoms with Crippen LogP contribution in [0.3, 0.4) is 0 Å². The zero-order valence-electron chi connectivity index (χ0n) is 18.8. The summed E-state index contributed by atoms with van der Waals surface area (Å²) in [6.45, 7) is 10.4. The first-order valence-corrected chi connectivity index (χ1v) is 10.8. The van der Waals surface area contributed by atoms with Gasteiger partial charge in [0.25, 0.3) is 5.91 Å². The molecule has 2 aromatic rings. The molecule has 3 rings (SSSR count). The van der Waals surface area contributed by atoms with Gasteiger partial charge in [-0.05, 0) is 43.9 Å². The fourth-order valence-corrected chi connectivity index (χ4v) is 4.19. The quantitative estimate of drug-likeness (QED) is 0.705. The largest absolute Gasteiger partial charge is 0.354 e. The first kappa shape index (κ1) is 22.8. The minimum Gasteiger partial charge on any atom is -0.354 e. The van der Waals surface area contributed by atoms with Gasteiger partial charge in [0.2, 0.25) is 11.8 Å². The molecule has 0 fully saturated rings. The summed E-state index contributed by atoms with van der Waals surface area (Å²) in [5.41, 5.74) is 0.0585. The number of benzene rings is 1. The second-order valence-electron chi connectivity index (χ2n) is 8.82. The van der Waals surface area contributed by atoms with E-state index in [2.05, 4.69) is 24.5 Å². The van der Waals surface area contributed by atoms with Crippen LogP contribution in [0.5, 0.6) is 0 Å². The minimum absolute atomic E-state index is 0.212. The summed E-state index contributed by atoms with van der Waals surface area (Å²) in [7, 11) is 0. The van der Waals surface area contributed by atoms with Crippen LogP contribution < -0.4 is 10.6 Å². The molecule has 1 atom stereocenters. The third-order valence-electron chi connectivity index (χ3n) is 5.78. The fourth-order valence-electron chi connectivity index (χ4n) is 4.19. The number of hydrogen-bond acceptors (Lipinski definition) is 3. The Labute approximate surface area is 182 Å². The monoisotopic (exact) mass is 430 g/mol. The predicted molar refractivity (Wildman–Crippen MR) is 118 cm³/mol. The SMILES string of the molecule is CCCN1C(=O)c2c(NC(C)=O)c3cc(F)ccc3n2CC1(C)C(=O)NCCC(C)C. The van der Waals surface area contributed by atoms with Gasteiger partial charge in [-0.15, -0.1) is 0 Å². The molecule has 0 spiro atoms. The first-order valence-electron chi connectivity index (χ1n) is 10.8. The van der Waals surface area contributed by atoms with Gasteiger partial charge in [-0.1, -0.05) is 20.8 Å². The summed E-state index contributed by atoms with van der Waals surface area (Å²) >= 11 is 0. The topological polar surface area (TPSA) is 83.4 Å². The van der Waals surface area contributed by atoms with E-state index >= 15 is 0 Å². The molecular weight excluding hydrogens is 399 g/mol. The molecular formula is C23H31FN4O3. The fraction of sp³-hybridized carbons (Fsp3) is 0.522. The van der Waals surface area contributed by atoms with E-state index < -0.39 is 11.4 Å². The molecule has 0 saturated heterocycles. The van der Waals surface area contributed by atoms with E-state index in [-0.39, 0.29) is 35.6 Å². The van der Waals surface area contributed by atoms with E-state index in [4.69, 9.17) is 0 Å². The number of rotatable bonds is 7. The number of carbonyl (C=O) groups excluding carboxylic acids is 3. The number of aromatic nitrogens is 1. The summed E-state index contributed by atoms with van der Waals surface area (Å²) < 4.78 is 15.7. The molecule has 3 amide bonds. The Morgan fingerprint density at radius 3 is 2.61 bits per heavy atom. The lowest BCUT2D eigenvalue weighted by Gasteiger charge is -2.44. The van der Waals surface area contributed by atoms with Crippen LogP contribution in [0.4, 0.5) is 10.1 Å². The van der Waals surface area contributed by atoms with Crippen LogP contribution in [0.15, 0.2) is 18.2 Å². The lowest BCUT2D eigenvalue weighted by Crippen LogP contribution is -2.64. The van der Waals surface area contributed by atoms with Crippen LogP contribution in [0, 0.1) is 11.7 Å². The second-order valence-corrected chi connectivity index (χ2v) is 8.82. The van der Waals surface area contributed by atoms with E-state index in [9.17, 15) is 18.8 Å².